The van der Waals surface area contributed by atoms with E-state index in [0.717, 1.165) is 5.56 Å². The van der Waals surface area contributed by atoms with Crippen molar-refractivity contribution in [2.45, 2.75) is 25.7 Å². The standard InChI is InChI=1S/C13H21ClN2O2S/c1-10-5-6-11(14)12(7-10)19(17,18)16(4)9-13(2,3)8-15/h5-7H,8-9,15H2,1-4H3. The molecule has 0 saturated carbocycles. The topological polar surface area (TPSA) is 63.4 Å². The van der Waals surface area contributed by atoms with Gasteiger partial charge in [-0.05, 0) is 36.6 Å². The van der Waals surface area contributed by atoms with E-state index in [2.05, 4.69) is 0 Å². The van der Waals surface area contributed by atoms with E-state index in [4.69, 9.17) is 17.3 Å². The lowest BCUT2D eigenvalue weighted by Gasteiger charge is -2.28. The van der Waals surface area contributed by atoms with E-state index in [1.807, 2.05) is 20.8 Å². The lowest BCUT2D eigenvalue weighted by atomic mass is 9.94. The van der Waals surface area contributed by atoms with Gasteiger partial charge in [-0.2, -0.15) is 0 Å². The number of nitrogens with zero attached hydrogens (tertiary/aromatic N) is 1. The molecule has 0 fully saturated rings. The molecule has 19 heavy (non-hydrogen) atoms. The summed E-state index contributed by atoms with van der Waals surface area (Å²) in [5.74, 6) is 0. The number of benzene rings is 1. The van der Waals surface area contributed by atoms with E-state index in [1.54, 1.807) is 25.2 Å². The minimum Gasteiger partial charge on any atom is -0.330 e. The minimum absolute atomic E-state index is 0.143. The van der Waals surface area contributed by atoms with E-state index in [9.17, 15) is 8.42 Å². The highest BCUT2D eigenvalue weighted by Crippen LogP contribution is 2.27. The average Bonchev–Trinajstić information content (AvgIpc) is 2.31. The van der Waals surface area contributed by atoms with Crippen molar-refractivity contribution in [1.82, 2.24) is 4.31 Å². The molecule has 1 aromatic rings. The molecule has 0 bridgehead atoms. The molecule has 0 spiro atoms. The summed E-state index contributed by atoms with van der Waals surface area (Å²) in [5.41, 5.74) is 6.22. The van der Waals surface area contributed by atoms with Crippen molar-refractivity contribution in [2.75, 3.05) is 20.1 Å². The lowest BCUT2D eigenvalue weighted by molar-refractivity contribution is 0.292. The van der Waals surface area contributed by atoms with Crippen molar-refractivity contribution in [1.29, 1.82) is 0 Å². The van der Waals surface area contributed by atoms with E-state index in [-0.39, 0.29) is 15.3 Å². The van der Waals surface area contributed by atoms with Gasteiger partial charge in [0.25, 0.3) is 0 Å². The van der Waals surface area contributed by atoms with Crippen LogP contribution in [0.1, 0.15) is 19.4 Å². The fourth-order valence-corrected chi connectivity index (χ4v) is 3.64. The molecule has 1 aromatic carbocycles. The van der Waals surface area contributed by atoms with E-state index >= 15 is 0 Å². The number of halogens is 1. The Morgan fingerprint density at radius 3 is 2.47 bits per heavy atom. The molecule has 0 atom stereocenters. The maximum absolute atomic E-state index is 12.5. The highest BCUT2D eigenvalue weighted by molar-refractivity contribution is 7.89. The first kappa shape index (κ1) is 16.4. The molecular formula is C13H21ClN2O2S. The number of hydrogen-bond acceptors (Lipinski definition) is 3. The van der Waals surface area contributed by atoms with Gasteiger partial charge in [0.2, 0.25) is 10.0 Å². The molecule has 0 saturated heterocycles. The number of aryl methyl sites for hydroxylation is 1. The van der Waals surface area contributed by atoms with Crippen LogP contribution in [-0.4, -0.2) is 32.9 Å². The molecule has 0 aliphatic heterocycles. The summed E-state index contributed by atoms with van der Waals surface area (Å²) >= 11 is 6.00. The molecule has 6 heteroatoms. The first-order valence-electron chi connectivity index (χ1n) is 6.03. The first-order chi connectivity index (χ1) is 8.60. The normalized spacial score (nSPS) is 13.0. The van der Waals surface area contributed by atoms with Gasteiger partial charge >= 0.3 is 0 Å². The largest absolute Gasteiger partial charge is 0.330 e. The van der Waals surface area contributed by atoms with Crippen LogP contribution in [0.5, 0.6) is 0 Å². The van der Waals surface area contributed by atoms with E-state index in [0.29, 0.717) is 13.1 Å². The third-order valence-corrected chi connectivity index (χ3v) is 5.26. The Kier molecular flexibility index (Phi) is 5.01. The molecule has 0 heterocycles. The van der Waals surface area contributed by atoms with Crippen molar-refractivity contribution in [2.24, 2.45) is 11.1 Å². The Balaban J connectivity index is 3.14. The Morgan fingerprint density at radius 1 is 1.37 bits per heavy atom. The predicted molar refractivity (Wildman–Crippen MR) is 78.8 cm³/mol. The van der Waals surface area contributed by atoms with Crippen LogP contribution in [0.2, 0.25) is 5.02 Å². The zero-order chi connectivity index (χ0) is 14.8. The molecule has 1 rings (SSSR count). The van der Waals surface area contributed by atoms with E-state index in [1.165, 1.54) is 4.31 Å². The number of hydrogen-bond donors (Lipinski definition) is 1. The van der Waals surface area contributed by atoms with Crippen LogP contribution in [0.3, 0.4) is 0 Å². The van der Waals surface area contributed by atoms with Crippen LogP contribution >= 0.6 is 11.6 Å². The number of nitrogens with two attached hydrogens (primary N) is 1. The Labute approximate surface area is 120 Å². The van der Waals surface area contributed by atoms with Crippen molar-refractivity contribution < 1.29 is 8.42 Å². The Bertz CT molecular complexity index is 556. The monoisotopic (exact) mass is 304 g/mol. The van der Waals surface area contributed by atoms with Crippen molar-refractivity contribution in [3.63, 3.8) is 0 Å². The van der Waals surface area contributed by atoms with E-state index < -0.39 is 10.0 Å². The summed E-state index contributed by atoms with van der Waals surface area (Å²) in [6.45, 7) is 6.44. The fourth-order valence-electron chi connectivity index (χ4n) is 1.73. The van der Waals surface area contributed by atoms with Gasteiger partial charge in [-0.25, -0.2) is 12.7 Å². The van der Waals surface area contributed by atoms with Gasteiger partial charge < -0.3 is 5.73 Å². The lowest BCUT2D eigenvalue weighted by Crippen LogP contribution is -2.39. The molecule has 0 aliphatic rings. The molecule has 4 nitrogen and oxygen atoms in total. The summed E-state index contributed by atoms with van der Waals surface area (Å²) in [6, 6.07) is 4.97. The minimum atomic E-state index is -3.59. The maximum atomic E-state index is 12.5. The zero-order valence-corrected chi connectivity index (χ0v) is 13.3. The van der Waals surface area contributed by atoms with Gasteiger partial charge in [0.15, 0.2) is 0 Å². The summed E-state index contributed by atoms with van der Waals surface area (Å²) in [6.07, 6.45) is 0. The van der Waals surface area contributed by atoms with Crippen LogP contribution in [0.25, 0.3) is 0 Å². The maximum Gasteiger partial charge on any atom is 0.244 e. The van der Waals surface area contributed by atoms with Crippen LogP contribution in [0, 0.1) is 12.3 Å². The third-order valence-electron chi connectivity index (χ3n) is 2.98. The van der Waals surface area contributed by atoms with Crippen LogP contribution in [-0.2, 0) is 10.0 Å². The molecule has 2 N–H and O–H groups in total. The highest BCUT2D eigenvalue weighted by Gasteiger charge is 2.28. The predicted octanol–water partition coefficient (Wildman–Crippen LogP) is 2.25. The Morgan fingerprint density at radius 2 is 1.95 bits per heavy atom. The number of sulfonamides is 1. The van der Waals surface area contributed by atoms with Gasteiger partial charge in [0.05, 0.1) is 5.02 Å². The van der Waals surface area contributed by atoms with Crippen molar-refractivity contribution in [3.8, 4) is 0 Å². The van der Waals surface area contributed by atoms with Crippen molar-refractivity contribution in [3.05, 3.63) is 28.8 Å². The molecule has 0 aromatic heterocycles. The quantitative estimate of drug-likeness (QED) is 0.907. The SMILES string of the molecule is Cc1ccc(Cl)c(S(=O)(=O)N(C)CC(C)(C)CN)c1. The summed E-state index contributed by atoms with van der Waals surface area (Å²) in [5, 5.41) is 0.239. The molecule has 0 unspecified atom stereocenters. The van der Waals surface area contributed by atoms with Crippen LogP contribution < -0.4 is 5.73 Å². The van der Waals surface area contributed by atoms with Gasteiger partial charge in [-0.15, -0.1) is 0 Å². The molecule has 108 valence electrons. The number of rotatable bonds is 5. The molecule has 0 amide bonds. The first-order valence-corrected chi connectivity index (χ1v) is 7.84. The van der Waals surface area contributed by atoms with Gasteiger partial charge in [-0.1, -0.05) is 31.5 Å². The molecule has 0 radical (unpaired) electrons. The van der Waals surface area contributed by atoms with Gasteiger partial charge in [0.1, 0.15) is 4.90 Å². The second-order valence-electron chi connectivity index (χ2n) is 5.56. The van der Waals surface area contributed by atoms with Crippen LogP contribution in [0.15, 0.2) is 23.1 Å². The van der Waals surface area contributed by atoms with Crippen LogP contribution in [0.4, 0.5) is 0 Å². The highest BCUT2D eigenvalue weighted by atomic mass is 35.5. The summed E-state index contributed by atoms with van der Waals surface area (Å²) in [4.78, 5) is 0.143. The molecule has 0 aliphatic carbocycles. The second kappa shape index (κ2) is 5.79. The zero-order valence-electron chi connectivity index (χ0n) is 11.8. The smallest absolute Gasteiger partial charge is 0.244 e. The van der Waals surface area contributed by atoms with Gasteiger partial charge in [-0.3, -0.25) is 0 Å². The fraction of sp³-hybridized carbons (Fsp3) is 0.538. The van der Waals surface area contributed by atoms with Gasteiger partial charge in [0, 0.05) is 13.6 Å². The summed E-state index contributed by atoms with van der Waals surface area (Å²) < 4.78 is 26.3. The third kappa shape index (κ3) is 3.92. The van der Waals surface area contributed by atoms with Crippen molar-refractivity contribution >= 4 is 21.6 Å². The summed E-state index contributed by atoms with van der Waals surface area (Å²) in [7, 11) is -2.04. The Hall–Kier alpha value is -0.620. The average molecular weight is 305 g/mol. The molecular weight excluding hydrogens is 284 g/mol. The second-order valence-corrected chi connectivity index (χ2v) is 7.98.